The largest absolute Gasteiger partial charge is 0.460 e. The molecule has 2 aromatic heterocycles. The van der Waals surface area contributed by atoms with Crippen molar-refractivity contribution in [2.24, 2.45) is 0 Å². The number of aromatic nitrogens is 2. The average Bonchev–Trinajstić information content (AvgIpc) is 3.09. The lowest BCUT2D eigenvalue weighted by atomic mass is 10.1. The molecule has 4 nitrogen and oxygen atoms in total. The quantitative estimate of drug-likeness (QED) is 0.279. The Balaban J connectivity index is 1.47. The zero-order valence-electron chi connectivity index (χ0n) is 14.7. The number of aromatic amines is 1. The van der Waals surface area contributed by atoms with Crippen molar-refractivity contribution >= 4 is 51.1 Å². The van der Waals surface area contributed by atoms with Crippen LogP contribution in [0.15, 0.2) is 59.6 Å². The molecule has 0 saturated heterocycles. The van der Waals surface area contributed by atoms with Crippen LogP contribution in [0.1, 0.15) is 11.1 Å². The topological polar surface area (TPSA) is 55.0 Å². The van der Waals surface area contributed by atoms with Crippen LogP contribution >= 0.6 is 23.4 Å². The second-order valence-electron chi connectivity index (χ2n) is 6.19. The first-order valence-electron chi connectivity index (χ1n) is 8.48. The summed E-state index contributed by atoms with van der Waals surface area (Å²) in [5.74, 6) is -0.298. The number of thioether (sulfide) groups is 1. The first-order chi connectivity index (χ1) is 13.1. The minimum absolute atomic E-state index is 0.104. The molecule has 2 aromatic carbocycles. The molecule has 4 aromatic rings. The van der Waals surface area contributed by atoms with E-state index in [1.165, 1.54) is 0 Å². The zero-order chi connectivity index (χ0) is 18.8. The summed E-state index contributed by atoms with van der Waals surface area (Å²) in [6, 6.07) is 15.8. The predicted molar refractivity (Wildman–Crippen MR) is 110 cm³/mol. The van der Waals surface area contributed by atoms with E-state index in [-0.39, 0.29) is 19.0 Å². The molecular formula is C21H17ClN2O2S. The third-order valence-corrected chi connectivity index (χ3v) is 5.50. The fourth-order valence-corrected chi connectivity index (χ4v) is 3.67. The van der Waals surface area contributed by atoms with E-state index in [0.29, 0.717) is 10.7 Å². The number of hydrogen-bond donors (Lipinski definition) is 1. The fraction of sp³-hybridized carbons (Fsp3) is 0.143. The summed E-state index contributed by atoms with van der Waals surface area (Å²) in [5.41, 5.74) is 3.46. The molecule has 0 aliphatic rings. The highest BCUT2D eigenvalue weighted by Gasteiger charge is 2.12. The van der Waals surface area contributed by atoms with Crippen LogP contribution in [0.25, 0.3) is 21.8 Å². The number of carbonyl (C=O) groups is 1. The summed E-state index contributed by atoms with van der Waals surface area (Å²) >= 11 is 7.94. The smallest absolute Gasteiger partial charge is 0.310 e. The Hall–Kier alpha value is -2.50. The number of fused-ring (bicyclic) bond motifs is 2. The number of carbonyl (C=O) groups excluding carboxylic acids is 1. The van der Waals surface area contributed by atoms with Gasteiger partial charge in [0.1, 0.15) is 11.8 Å². The number of pyridine rings is 1. The SMILES string of the molecule is CSc1ccc2cc(COC(=O)Cc3c[nH]c4ccccc34)c(Cl)nc2c1. The van der Waals surface area contributed by atoms with E-state index in [1.54, 1.807) is 11.8 Å². The number of para-hydroxylation sites is 1. The summed E-state index contributed by atoms with van der Waals surface area (Å²) in [7, 11) is 0. The molecule has 0 atom stereocenters. The summed E-state index contributed by atoms with van der Waals surface area (Å²) in [4.78, 5) is 21.0. The standard InChI is InChI=1S/C21H17ClN2O2S/c1-27-16-7-6-13-8-15(21(22)24-19(13)10-16)12-26-20(25)9-14-11-23-18-5-3-2-4-17(14)18/h2-8,10-11,23H,9,12H2,1H3. The maximum atomic E-state index is 12.3. The van der Waals surface area contributed by atoms with Gasteiger partial charge >= 0.3 is 5.97 Å². The van der Waals surface area contributed by atoms with Crippen LogP contribution in [0.5, 0.6) is 0 Å². The van der Waals surface area contributed by atoms with E-state index in [9.17, 15) is 4.79 Å². The Labute approximate surface area is 165 Å². The number of esters is 1. The summed E-state index contributed by atoms with van der Waals surface area (Å²) in [5, 5.41) is 2.37. The lowest BCUT2D eigenvalue weighted by Crippen LogP contribution is -2.08. The van der Waals surface area contributed by atoms with Crippen molar-refractivity contribution in [2.45, 2.75) is 17.9 Å². The molecule has 6 heteroatoms. The number of ether oxygens (including phenoxy) is 1. The number of nitrogens with one attached hydrogen (secondary N) is 1. The zero-order valence-corrected chi connectivity index (χ0v) is 16.2. The Morgan fingerprint density at radius 3 is 2.89 bits per heavy atom. The van der Waals surface area contributed by atoms with Crippen molar-refractivity contribution < 1.29 is 9.53 Å². The van der Waals surface area contributed by atoms with Crippen molar-refractivity contribution in [3.63, 3.8) is 0 Å². The van der Waals surface area contributed by atoms with Gasteiger partial charge in [0.15, 0.2) is 0 Å². The molecular weight excluding hydrogens is 380 g/mol. The van der Waals surface area contributed by atoms with Crippen LogP contribution in [0.3, 0.4) is 0 Å². The lowest BCUT2D eigenvalue weighted by Gasteiger charge is -2.08. The molecule has 1 N–H and O–H groups in total. The summed E-state index contributed by atoms with van der Waals surface area (Å²) in [6.07, 6.45) is 4.07. The maximum absolute atomic E-state index is 12.3. The van der Waals surface area contributed by atoms with Crippen molar-refractivity contribution in [3.05, 3.63) is 71.0 Å². The van der Waals surface area contributed by atoms with Crippen LogP contribution in [-0.4, -0.2) is 22.2 Å². The summed E-state index contributed by atoms with van der Waals surface area (Å²) < 4.78 is 5.44. The van der Waals surface area contributed by atoms with E-state index in [2.05, 4.69) is 9.97 Å². The Bertz CT molecular complexity index is 1140. The fourth-order valence-electron chi connectivity index (χ4n) is 3.04. The second kappa shape index (κ2) is 7.62. The molecule has 0 radical (unpaired) electrons. The van der Waals surface area contributed by atoms with E-state index < -0.39 is 0 Å². The van der Waals surface area contributed by atoms with Gasteiger partial charge in [-0.25, -0.2) is 4.98 Å². The highest BCUT2D eigenvalue weighted by Crippen LogP contribution is 2.25. The molecule has 2 heterocycles. The normalized spacial score (nSPS) is 11.2. The highest BCUT2D eigenvalue weighted by atomic mass is 35.5. The summed E-state index contributed by atoms with van der Waals surface area (Å²) in [6.45, 7) is 0.104. The number of hydrogen-bond acceptors (Lipinski definition) is 4. The first kappa shape index (κ1) is 17.9. The molecule has 0 amide bonds. The minimum Gasteiger partial charge on any atom is -0.460 e. The van der Waals surface area contributed by atoms with E-state index in [4.69, 9.17) is 16.3 Å². The number of H-pyrrole nitrogens is 1. The number of rotatable bonds is 5. The van der Waals surface area contributed by atoms with Crippen LogP contribution in [0, 0.1) is 0 Å². The molecule has 4 rings (SSSR count). The Morgan fingerprint density at radius 2 is 2.04 bits per heavy atom. The highest BCUT2D eigenvalue weighted by molar-refractivity contribution is 7.98. The Morgan fingerprint density at radius 1 is 1.19 bits per heavy atom. The molecule has 0 aliphatic heterocycles. The predicted octanol–water partition coefficient (Wildman–Crippen LogP) is 5.38. The van der Waals surface area contributed by atoms with Crippen LogP contribution < -0.4 is 0 Å². The molecule has 0 aliphatic carbocycles. The maximum Gasteiger partial charge on any atom is 0.310 e. The van der Waals surface area contributed by atoms with Gasteiger partial charge in [-0.15, -0.1) is 11.8 Å². The minimum atomic E-state index is -0.298. The number of halogens is 1. The van der Waals surface area contributed by atoms with Gasteiger partial charge in [-0.2, -0.15) is 0 Å². The van der Waals surface area contributed by atoms with Crippen LogP contribution in [0.4, 0.5) is 0 Å². The molecule has 0 saturated carbocycles. The van der Waals surface area contributed by atoms with E-state index in [0.717, 1.165) is 32.3 Å². The van der Waals surface area contributed by atoms with Gasteiger partial charge in [0, 0.05) is 32.9 Å². The molecule has 0 fully saturated rings. The van der Waals surface area contributed by atoms with E-state index in [1.807, 2.05) is 61.0 Å². The van der Waals surface area contributed by atoms with Crippen molar-refractivity contribution in [2.75, 3.05) is 6.26 Å². The van der Waals surface area contributed by atoms with Crippen LogP contribution in [0.2, 0.25) is 5.15 Å². The Kier molecular flexibility index (Phi) is 5.05. The van der Waals surface area contributed by atoms with Gasteiger partial charge in [-0.05, 0) is 36.1 Å². The number of nitrogens with zero attached hydrogens (tertiary/aromatic N) is 1. The number of benzene rings is 2. The monoisotopic (exact) mass is 396 g/mol. The molecule has 0 bridgehead atoms. The van der Waals surface area contributed by atoms with Gasteiger partial charge in [-0.3, -0.25) is 4.79 Å². The van der Waals surface area contributed by atoms with Gasteiger partial charge in [0.25, 0.3) is 0 Å². The first-order valence-corrected chi connectivity index (χ1v) is 10.1. The van der Waals surface area contributed by atoms with Gasteiger partial charge in [0.2, 0.25) is 0 Å². The molecule has 0 unspecified atom stereocenters. The van der Waals surface area contributed by atoms with Gasteiger partial charge in [0.05, 0.1) is 11.9 Å². The van der Waals surface area contributed by atoms with Gasteiger partial charge < -0.3 is 9.72 Å². The third kappa shape index (κ3) is 3.80. The van der Waals surface area contributed by atoms with Crippen molar-refractivity contribution in [3.8, 4) is 0 Å². The van der Waals surface area contributed by atoms with Crippen LogP contribution in [-0.2, 0) is 22.6 Å². The molecule has 27 heavy (non-hydrogen) atoms. The second-order valence-corrected chi connectivity index (χ2v) is 7.43. The van der Waals surface area contributed by atoms with Crippen molar-refractivity contribution in [1.82, 2.24) is 9.97 Å². The molecule has 0 spiro atoms. The van der Waals surface area contributed by atoms with Crippen molar-refractivity contribution in [1.29, 1.82) is 0 Å². The average molecular weight is 397 g/mol. The van der Waals surface area contributed by atoms with E-state index >= 15 is 0 Å². The third-order valence-electron chi connectivity index (χ3n) is 4.45. The molecule has 136 valence electrons. The van der Waals surface area contributed by atoms with Gasteiger partial charge in [-0.1, -0.05) is 35.9 Å². The lowest BCUT2D eigenvalue weighted by molar-refractivity contribution is -0.144.